The van der Waals surface area contributed by atoms with Crippen LogP contribution in [0.25, 0.3) is 5.57 Å². The summed E-state index contributed by atoms with van der Waals surface area (Å²) in [7, 11) is 0. The predicted molar refractivity (Wildman–Crippen MR) is 61.5 cm³/mol. The molecule has 0 spiro atoms. The van der Waals surface area contributed by atoms with E-state index in [1.54, 1.807) is 0 Å². The zero-order chi connectivity index (χ0) is 9.97. The Bertz CT molecular complexity index is 402. The van der Waals surface area contributed by atoms with Gasteiger partial charge in [0.05, 0.1) is 11.1 Å². The minimum atomic E-state index is 1.04. The largest absolute Gasteiger partial charge is 0.199 e. The van der Waals surface area contributed by atoms with Crippen LogP contribution in [-0.2, 0) is 0 Å². The van der Waals surface area contributed by atoms with Crippen molar-refractivity contribution in [3.05, 3.63) is 79.1 Å². The van der Waals surface area contributed by atoms with Gasteiger partial charge in [0.2, 0.25) is 0 Å². The molecule has 1 aromatic rings. The van der Waals surface area contributed by atoms with E-state index in [1.165, 1.54) is 11.1 Å². The third-order valence-corrected chi connectivity index (χ3v) is 2.21. The van der Waals surface area contributed by atoms with Gasteiger partial charge < -0.3 is 0 Å². The van der Waals surface area contributed by atoms with Gasteiger partial charge in [0.25, 0.3) is 0 Å². The lowest BCUT2D eigenvalue weighted by atomic mass is 9.94. The van der Waals surface area contributed by atoms with E-state index < -0.39 is 0 Å². The summed E-state index contributed by atoms with van der Waals surface area (Å²) in [6.07, 6.45) is 8.19. The Morgan fingerprint density at radius 2 is 1.86 bits per heavy atom. The van der Waals surface area contributed by atoms with E-state index in [9.17, 15) is 0 Å². The van der Waals surface area contributed by atoms with Crippen molar-refractivity contribution in [1.29, 1.82) is 0 Å². The Morgan fingerprint density at radius 3 is 2.50 bits per heavy atom. The average Bonchev–Trinajstić information content (AvgIpc) is 2.19. The summed E-state index contributed by atoms with van der Waals surface area (Å²) < 4.78 is 0. The zero-order valence-corrected chi connectivity index (χ0v) is 8.03. The van der Waals surface area contributed by atoms with Crippen molar-refractivity contribution in [2.75, 3.05) is 0 Å². The Kier molecular flexibility index (Phi) is 2.19. The topological polar surface area (TPSA) is 0 Å². The molecular formula is C14H12. The molecule has 14 heavy (non-hydrogen) atoms. The second-order valence-corrected chi connectivity index (χ2v) is 3.40. The van der Waals surface area contributed by atoms with Crippen LogP contribution in [0.2, 0.25) is 0 Å². The molecule has 0 atom stereocenters. The van der Waals surface area contributed by atoms with Gasteiger partial charge in [-0.1, -0.05) is 12.1 Å². The van der Waals surface area contributed by atoms with Gasteiger partial charge in [-0.05, 0) is 6.58 Å². The van der Waals surface area contributed by atoms with Crippen molar-refractivity contribution < 1.29 is 0 Å². The van der Waals surface area contributed by atoms with E-state index in [0.717, 1.165) is 11.1 Å². The summed E-state index contributed by atoms with van der Waals surface area (Å²) in [5.74, 6) is 0. The third kappa shape index (κ3) is 1.74. The molecule has 0 saturated heterocycles. The molecule has 1 aliphatic rings. The minimum Gasteiger partial charge on any atom is -0.199 e. The molecule has 68 valence electrons. The molecule has 0 unspecified atom stereocenters. The molecule has 0 N–H and O–H groups in total. The molecule has 0 amide bonds. The van der Waals surface area contributed by atoms with Gasteiger partial charge in [-0.25, -0.2) is 0 Å². The zero-order valence-electron chi connectivity index (χ0n) is 8.03. The summed E-state index contributed by atoms with van der Waals surface area (Å²) in [5, 5.41) is 0. The molecule has 1 aliphatic carbocycles. The van der Waals surface area contributed by atoms with Crippen molar-refractivity contribution in [3.63, 3.8) is 0 Å². The van der Waals surface area contributed by atoms with Crippen LogP contribution in [0.1, 0.15) is 11.1 Å². The molecular weight excluding hydrogens is 168 g/mol. The van der Waals surface area contributed by atoms with Crippen molar-refractivity contribution in [1.82, 2.24) is 0 Å². The Hall–Kier alpha value is -1.82. The molecule has 2 rings (SSSR count). The van der Waals surface area contributed by atoms with Crippen LogP contribution < -0.4 is 0 Å². The van der Waals surface area contributed by atoms with Gasteiger partial charge in [-0.2, -0.15) is 24.6 Å². The van der Waals surface area contributed by atoms with Gasteiger partial charge in [-0.15, -0.1) is 0 Å². The quantitative estimate of drug-likeness (QED) is 0.579. The number of rotatable bonds is 1. The predicted octanol–water partition coefficient (Wildman–Crippen LogP) is 3.58. The highest BCUT2D eigenvalue weighted by Gasteiger charge is 2.10. The maximum absolute atomic E-state index is 3.91. The fraction of sp³-hybridized carbons (Fsp3) is 0. The maximum atomic E-state index is 3.91. The second-order valence-electron chi connectivity index (χ2n) is 3.40. The van der Waals surface area contributed by atoms with Crippen molar-refractivity contribution in [2.45, 2.75) is 0 Å². The van der Waals surface area contributed by atoms with Gasteiger partial charge in [0, 0.05) is 30.2 Å². The lowest BCUT2D eigenvalue weighted by Crippen LogP contribution is -1.90. The van der Waals surface area contributed by atoms with Crippen molar-refractivity contribution >= 4 is 5.57 Å². The molecule has 0 aliphatic heterocycles. The number of hydrogen-bond donors (Lipinski definition) is 0. The summed E-state index contributed by atoms with van der Waals surface area (Å²) in [5.41, 5.74) is 4.50. The summed E-state index contributed by atoms with van der Waals surface area (Å²) in [6.45, 7) is 7.77. The van der Waals surface area contributed by atoms with Gasteiger partial charge in [0.15, 0.2) is 0 Å². The molecule has 0 nitrogen and oxygen atoms in total. The molecule has 0 heterocycles. The second kappa shape index (κ2) is 3.51. The fourth-order valence-corrected chi connectivity index (χ4v) is 1.45. The molecule has 0 aromatic heterocycles. The normalized spacial score (nSPS) is 14.9. The Morgan fingerprint density at radius 1 is 1.14 bits per heavy atom. The average molecular weight is 180 g/mol. The third-order valence-electron chi connectivity index (χ3n) is 2.21. The monoisotopic (exact) mass is 180 g/mol. The minimum absolute atomic E-state index is 1.04. The van der Waals surface area contributed by atoms with E-state index in [-0.39, 0.29) is 0 Å². The fourth-order valence-electron chi connectivity index (χ4n) is 1.45. The first kappa shape index (κ1) is 8.76. The number of allylic oxidation sites excluding steroid dienone is 5. The first-order valence-corrected chi connectivity index (χ1v) is 4.60. The van der Waals surface area contributed by atoms with Gasteiger partial charge >= 0.3 is 0 Å². The van der Waals surface area contributed by atoms with E-state index >= 15 is 0 Å². The molecule has 0 bridgehead atoms. The van der Waals surface area contributed by atoms with Crippen LogP contribution in [0, 0.1) is 13.3 Å². The highest BCUT2D eigenvalue weighted by molar-refractivity contribution is 5.78. The first-order chi connectivity index (χ1) is 6.75. The van der Waals surface area contributed by atoms with Crippen LogP contribution in [0.4, 0.5) is 0 Å². The molecule has 0 saturated carbocycles. The van der Waals surface area contributed by atoms with Crippen LogP contribution >= 0.6 is 0 Å². The lowest BCUT2D eigenvalue weighted by molar-refractivity contribution is 1.49. The van der Waals surface area contributed by atoms with Crippen molar-refractivity contribution in [2.24, 2.45) is 0 Å². The molecule has 0 heteroatoms. The maximum Gasteiger partial charge on any atom is 0.0784 e. The van der Waals surface area contributed by atoms with Crippen LogP contribution in [-0.4, -0.2) is 0 Å². The highest BCUT2D eigenvalue weighted by atomic mass is 14.1. The summed E-state index contributed by atoms with van der Waals surface area (Å²) >= 11 is 0. The molecule has 0 fully saturated rings. The molecule has 1 aromatic carbocycles. The Balaban J connectivity index is 2.31. The number of hydrogen-bond acceptors (Lipinski definition) is 0. The van der Waals surface area contributed by atoms with E-state index in [4.69, 9.17) is 0 Å². The summed E-state index contributed by atoms with van der Waals surface area (Å²) in [6, 6.07) is 8.20. The standard InChI is InChI=1S/C14H12/c1-11-6-8-13(9-7-11)14-5-3-4-12(2)10-14/h3-10H,1-2H2. The van der Waals surface area contributed by atoms with E-state index in [1.807, 2.05) is 24.3 Å². The van der Waals surface area contributed by atoms with E-state index in [0.29, 0.717) is 0 Å². The smallest absolute Gasteiger partial charge is 0.0784 e. The summed E-state index contributed by atoms with van der Waals surface area (Å²) in [4.78, 5) is 0. The van der Waals surface area contributed by atoms with Crippen molar-refractivity contribution in [3.8, 4) is 0 Å². The van der Waals surface area contributed by atoms with Crippen LogP contribution in [0.15, 0.2) is 54.6 Å². The van der Waals surface area contributed by atoms with E-state index in [2.05, 4.69) is 38.1 Å². The van der Waals surface area contributed by atoms with Gasteiger partial charge in [0.1, 0.15) is 0 Å². The Labute approximate surface area is 85.3 Å². The van der Waals surface area contributed by atoms with Gasteiger partial charge in [-0.3, -0.25) is 0 Å². The van der Waals surface area contributed by atoms with Crippen LogP contribution in [0.5, 0.6) is 0 Å². The molecule has 0 radical (unpaired) electrons. The highest BCUT2D eigenvalue weighted by Crippen LogP contribution is 2.24. The SMILES string of the molecule is C=C1C=CC=C(c2ccc([CH2-])cc2)[CH+]1. The first-order valence-electron chi connectivity index (χ1n) is 4.60. The number of benzene rings is 1. The lowest BCUT2D eigenvalue weighted by Gasteiger charge is -2.07. The van der Waals surface area contributed by atoms with Crippen LogP contribution in [0.3, 0.4) is 0 Å².